The van der Waals surface area contributed by atoms with Gasteiger partial charge in [-0.05, 0) is 36.2 Å². The van der Waals surface area contributed by atoms with Gasteiger partial charge >= 0.3 is 0 Å². The maximum atomic E-state index is 13.5. The van der Waals surface area contributed by atoms with Crippen LogP contribution in [-0.2, 0) is 0 Å². The summed E-state index contributed by atoms with van der Waals surface area (Å²) in [6.07, 6.45) is 1.55. The van der Waals surface area contributed by atoms with Crippen LogP contribution in [0.4, 0.5) is 10.2 Å². The van der Waals surface area contributed by atoms with Crippen LogP contribution >= 0.6 is 0 Å². The zero-order chi connectivity index (χ0) is 17.3. The van der Waals surface area contributed by atoms with Crippen molar-refractivity contribution < 1.29 is 14.3 Å². The largest absolute Gasteiger partial charge is 0.391 e. The van der Waals surface area contributed by atoms with Gasteiger partial charge in [0.1, 0.15) is 11.6 Å². The van der Waals surface area contributed by atoms with E-state index in [4.69, 9.17) is 0 Å². The number of β-amino-alcohol motifs (C(OH)–C–C–N with tert-alkyl or cyclic N) is 1. The van der Waals surface area contributed by atoms with Crippen molar-refractivity contribution in [1.82, 2.24) is 9.88 Å². The number of pyridine rings is 1. The highest BCUT2D eigenvalue weighted by Crippen LogP contribution is 2.35. The summed E-state index contributed by atoms with van der Waals surface area (Å²) in [5.41, 5.74) is 1.31. The number of aromatic nitrogens is 1. The van der Waals surface area contributed by atoms with E-state index in [9.17, 15) is 14.3 Å². The number of benzene rings is 1. The van der Waals surface area contributed by atoms with Crippen LogP contribution in [0.25, 0.3) is 0 Å². The Balaban J connectivity index is 1.88. The Morgan fingerprint density at radius 2 is 2.12 bits per heavy atom. The van der Waals surface area contributed by atoms with Gasteiger partial charge in [0.15, 0.2) is 0 Å². The molecule has 24 heavy (non-hydrogen) atoms. The summed E-state index contributed by atoms with van der Waals surface area (Å²) in [6.45, 7) is 0.426. The van der Waals surface area contributed by atoms with E-state index in [0.717, 1.165) is 5.56 Å². The van der Waals surface area contributed by atoms with Crippen LogP contribution in [0, 0.1) is 5.82 Å². The Labute approximate surface area is 140 Å². The first kappa shape index (κ1) is 16.4. The molecular weight excluding hydrogens is 309 g/mol. The maximum absolute atomic E-state index is 13.5. The van der Waals surface area contributed by atoms with Gasteiger partial charge in [-0.3, -0.25) is 4.79 Å². The van der Waals surface area contributed by atoms with Crippen molar-refractivity contribution in [3.05, 3.63) is 59.5 Å². The minimum absolute atomic E-state index is 0.114. The van der Waals surface area contributed by atoms with E-state index in [1.807, 2.05) is 11.0 Å². The van der Waals surface area contributed by atoms with Crippen LogP contribution in [0.2, 0.25) is 0 Å². The Morgan fingerprint density at radius 1 is 1.33 bits per heavy atom. The van der Waals surface area contributed by atoms with Gasteiger partial charge in [-0.1, -0.05) is 12.1 Å². The number of rotatable bonds is 3. The average Bonchev–Trinajstić information content (AvgIpc) is 2.96. The molecule has 2 heterocycles. The predicted molar refractivity (Wildman–Crippen MR) is 89.4 cm³/mol. The van der Waals surface area contributed by atoms with Crippen LogP contribution in [-0.4, -0.2) is 47.6 Å². The topological polar surface area (TPSA) is 56.7 Å². The number of carbonyl (C=O) groups is 1. The van der Waals surface area contributed by atoms with Crippen LogP contribution in [0.1, 0.15) is 28.4 Å². The van der Waals surface area contributed by atoms with Gasteiger partial charge in [-0.15, -0.1) is 0 Å². The molecule has 0 aliphatic carbocycles. The van der Waals surface area contributed by atoms with E-state index in [0.29, 0.717) is 24.3 Å². The second kappa shape index (κ2) is 6.57. The first-order chi connectivity index (χ1) is 11.5. The van der Waals surface area contributed by atoms with Gasteiger partial charge in [0.05, 0.1) is 17.7 Å². The van der Waals surface area contributed by atoms with Crippen molar-refractivity contribution in [2.45, 2.75) is 18.6 Å². The van der Waals surface area contributed by atoms with Crippen LogP contribution < -0.4 is 4.90 Å². The van der Waals surface area contributed by atoms with E-state index < -0.39 is 6.10 Å². The number of aliphatic hydroxyl groups is 1. The predicted octanol–water partition coefficient (Wildman–Crippen LogP) is 2.23. The summed E-state index contributed by atoms with van der Waals surface area (Å²) in [5.74, 6) is 0.252. The van der Waals surface area contributed by atoms with E-state index in [1.54, 1.807) is 32.3 Å². The molecule has 2 atom stereocenters. The van der Waals surface area contributed by atoms with Crippen molar-refractivity contribution in [2.24, 2.45) is 0 Å². The molecule has 126 valence electrons. The maximum Gasteiger partial charge on any atom is 0.254 e. The summed E-state index contributed by atoms with van der Waals surface area (Å²) in [5, 5.41) is 10.1. The van der Waals surface area contributed by atoms with Crippen molar-refractivity contribution >= 4 is 11.7 Å². The van der Waals surface area contributed by atoms with E-state index in [-0.39, 0.29) is 17.8 Å². The van der Waals surface area contributed by atoms with E-state index >= 15 is 0 Å². The zero-order valence-electron chi connectivity index (χ0n) is 13.7. The molecule has 3 rings (SSSR count). The molecule has 0 spiro atoms. The molecule has 1 N–H and O–H groups in total. The number of carbonyl (C=O) groups excluding carboxylic acids is 1. The third-order valence-corrected chi connectivity index (χ3v) is 4.21. The number of halogens is 1. The smallest absolute Gasteiger partial charge is 0.254 e. The number of hydrogen-bond acceptors (Lipinski definition) is 4. The minimum Gasteiger partial charge on any atom is -0.391 e. The van der Waals surface area contributed by atoms with Crippen molar-refractivity contribution in [3.8, 4) is 0 Å². The fourth-order valence-electron chi connectivity index (χ4n) is 3.04. The van der Waals surface area contributed by atoms with Crippen molar-refractivity contribution in [1.29, 1.82) is 0 Å². The lowest BCUT2D eigenvalue weighted by atomic mass is 10.0. The number of aliphatic hydroxyl groups excluding tert-OH is 1. The second-order valence-corrected chi connectivity index (χ2v) is 6.22. The monoisotopic (exact) mass is 329 g/mol. The summed E-state index contributed by atoms with van der Waals surface area (Å²) in [6, 6.07) is 9.75. The van der Waals surface area contributed by atoms with Crippen LogP contribution in [0.5, 0.6) is 0 Å². The fraction of sp³-hybridized carbons (Fsp3) is 0.333. The minimum atomic E-state index is -0.497. The Morgan fingerprint density at radius 3 is 2.75 bits per heavy atom. The van der Waals surface area contributed by atoms with Crippen LogP contribution in [0.3, 0.4) is 0 Å². The zero-order valence-corrected chi connectivity index (χ0v) is 13.7. The van der Waals surface area contributed by atoms with Gasteiger partial charge in [0.2, 0.25) is 0 Å². The molecule has 6 heteroatoms. The van der Waals surface area contributed by atoms with Crippen molar-refractivity contribution in [2.75, 3.05) is 25.5 Å². The molecule has 1 fully saturated rings. The first-order valence-corrected chi connectivity index (χ1v) is 7.83. The number of nitrogens with zero attached hydrogens (tertiary/aromatic N) is 3. The Kier molecular flexibility index (Phi) is 4.49. The van der Waals surface area contributed by atoms with Crippen LogP contribution in [0.15, 0.2) is 42.6 Å². The van der Waals surface area contributed by atoms with Gasteiger partial charge in [-0.2, -0.15) is 0 Å². The number of amides is 1. The average molecular weight is 329 g/mol. The molecule has 5 nitrogen and oxygen atoms in total. The summed E-state index contributed by atoms with van der Waals surface area (Å²) >= 11 is 0. The standard InChI is InChI=1S/C18H20FN3O2/c1-21(2)18(24)13-6-7-17(20-10-13)22-11-15(23)9-16(22)12-4-3-5-14(19)8-12/h3-8,10,15-16,23H,9,11H2,1-2H3. The normalized spacial score (nSPS) is 20.2. The molecule has 2 aromatic rings. The quantitative estimate of drug-likeness (QED) is 0.938. The molecule has 0 saturated carbocycles. The molecular formula is C18H20FN3O2. The third kappa shape index (κ3) is 3.23. The summed E-state index contributed by atoms with van der Waals surface area (Å²) < 4.78 is 13.5. The van der Waals surface area contributed by atoms with Gasteiger partial charge in [-0.25, -0.2) is 9.37 Å². The lowest BCUT2D eigenvalue weighted by Crippen LogP contribution is -2.26. The Hall–Kier alpha value is -2.47. The Bertz CT molecular complexity index is 733. The molecule has 0 bridgehead atoms. The molecule has 0 radical (unpaired) electrons. The fourth-order valence-corrected chi connectivity index (χ4v) is 3.04. The van der Waals surface area contributed by atoms with Crippen molar-refractivity contribution in [3.63, 3.8) is 0 Å². The summed E-state index contributed by atoms with van der Waals surface area (Å²) in [4.78, 5) is 19.8. The second-order valence-electron chi connectivity index (χ2n) is 6.22. The van der Waals surface area contributed by atoms with E-state index in [2.05, 4.69) is 4.98 Å². The molecule has 1 aromatic heterocycles. The van der Waals surface area contributed by atoms with Gasteiger partial charge in [0.25, 0.3) is 5.91 Å². The molecule has 1 saturated heterocycles. The molecule has 1 aromatic carbocycles. The first-order valence-electron chi connectivity index (χ1n) is 7.83. The van der Waals surface area contributed by atoms with E-state index in [1.165, 1.54) is 23.2 Å². The highest BCUT2D eigenvalue weighted by molar-refractivity contribution is 5.93. The SMILES string of the molecule is CN(C)C(=O)c1ccc(N2CC(O)CC2c2cccc(F)c2)nc1. The van der Waals surface area contributed by atoms with Gasteiger partial charge in [0, 0.05) is 26.8 Å². The number of anilines is 1. The molecule has 1 amide bonds. The lowest BCUT2D eigenvalue weighted by molar-refractivity contribution is 0.0827. The lowest BCUT2D eigenvalue weighted by Gasteiger charge is -2.26. The third-order valence-electron chi connectivity index (χ3n) is 4.21. The molecule has 1 aliphatic rings. The highest BCUT2D eigenvalue weighted by atomic mass is 19.1. The van der Waals surface area contributed by atoms with Gasteiger partial charge < -0.3 is 14.9 Å². The summed E-state index contributed by atoms with van der Waals surface area (Å²) in [7, 11) is 3.38. The highest BCUT2D eigenvalue weighted by Gasteiger charge is 2.33. The number of hydrogen-bond donors (Lipinski definition) is 1. The molecule has 1 aliphatic heterocycles. The molecule has 2 unspecified atom stereocenters.